The summed E-state index contributed by atoms with van der Waals surface area (Å²) in [5, 5.41) is 7.20. The van der Waals surface area contributed by atoms with Crippen LogP contribution in [0.15, 0.2) is 0 Å². The lowest BCUT2D eigenvalue weighted by Gasteiger charge is -1.79. The van der Waals surface area contributed by atoms with Crippen molar-refractivity contribution in [3.05, 3.63) is 4.91 Å². The minimum Gasteiger partial charge on any atom is -0.200 e. The first kappa shape index (κ1) is 6.20. The van der Waals surface area contributed by atoms with Gasteiger partial charge in [-0.3, -0.25) is 0 Å². The maximum atomic E-state index is 9.45. The Bertz CT molecular complexity index is 63.2. The van der Waals surface area contributed by atoms with Gasteiger partial charge >= 0.3 is 5.09 Å². The van der Waals surface area contributed by atoms with Crippen LogP contribution < -0.4 is 0 Å². The second kappa shape index (κ2) is 3.39. The SMILES string of the molecule is CCCO[N+](=O)O. The van der Waals surface area contributed by atoms with Crippen molar-refractivity contribution in [1.29, 1.82) is 0 Å². The van der Waals surface area contributed by atoms with Crippen LogP contribution in [0, 0.1) is 4.91 Å². The van der Waals surface area contributed by atoms with Crippen molar-refractivity contribution in [2.75, 3.05) is 6.61 Å². The third-order valence-electron chi connectivity index (χ3n) is 0.406. The van der Waals surface area contributed by atoms with Gasteiger partial charge in [-0.25, -0.2) is 5.21 Å². The Balaban J connectivity index is 2.82. The van der Waals surface area contributed by atoms with Gasteiger partial charge in [0, 0.05) is 0 Å². The van der Waals surface area contributed by atoms with Crippen LogP contribution in [0.4, 0.5) is 0 Å². The maximum absolute atomic E-state index is 9.45. The molecule has 0 fully saturated rings. The topological polar surface area (TPSA) is 49.5 Å². The number of rotatable bonds is 3. The van der Waals surface area contributed by atoms with E-state index in [4.69, 9.17) is 5.21 Å². The molecule has 42 valence electrons. The fraction of sp³-hybridized carbons (Fsp3) is 1.00. The van der Waals surface area contributed by atoms with E-state index in [1.807, 2.05) is 6.92 Å². The van der Waals surface area contributed by atoms with E-state index in [1.165, 1.54) is 0 Å². The van der Waals surface area contributed by atoms with Gasteiger partial charge in [-0.2, -0.15) is 4.84 Å². The third kappa shape index (κ3) is 5.20. The summed E-state index contributed by atoms with van der Waals surface area (Å²) in [5.41, 5.74) is 0. The molecule has 0 aliphatic rings. The molecule has 0 rings (SSSR count). The summed E-state index contributed by atoms with van der Waals surface area (Å²) in [7, 11) is 0. The molecule has 0 bridgehead atoms. The van der Waals surface area contributed by atoms with Crippen LogP contribution in [-0.4, -0.2) is 16.9 Å². The molecular weight excluding hydrogens is 98.0 g/mol. The molecule has 0 spiro atoms. The Kier molecular flexibility index (Phi) is 3.00. The highest BCUT2D eigenvalue weighted by Crippen LogP contribution is 1.76. The lowest BCUT2D eigenvalue weighted by molar-refractivity contribution is -0.975. The van der Waals surface area contributed by atoms with E-state index in [0.29, 0.717) is 0 Å². The smallest absolute Gasteiger partial charge is 0.200 e. The molecule has 0 aliphatic carbocycles. The van der Waals surface area contributed by atoms with Crippen LogP contribution in [0.3, 0.4) is 0 Å². The average molecular weight is 106 g/mol. The van der Waals surface area contributed by atoms with Gasteiger partial charge in [-0.1, -0.05) is 6.92 Å². The summed E-state index contributed by atoms with van der Waals surface area (Å²) in [6.07, 6.45) is 0.722. The molecule has 4 heteroatoms. The standard InChI is InChI=1S/C3H8NO3/c1-2-3-7-4(5)6/h2-3H2,1H3,(H,5,6)/q+1. The van der Waals surface area contributed by atoms with Crippen molar-refractivity contribution in [3.63, 3.8) is 0 Å². The van der Waals surface area contributed by atoms with Crippen LogP contribution in [0.5, 0.6) is 0 Å². The summed E-state index contributed by atoms with van der Waals surface area (Å²) in [6, 6.07) is 0. The highest BCUT2D eigenvalue weighted by molar-refractivity contribution is 4.12. The Morgan fingerprint density at radius 1 is 1.86 bits per heavy atom. The van der Waals surface area contributed by atoms with Crippen LogP contribution in [0.25, 0.3) is 0 Å². The molecule has 0 unspecified atom stereocenters. The predicted octanol–water partition coefficient (Wildman–Crippen LogP) is 0.496. The highest BCUT2D eigenvalue weighted by atomic mass is 16.9. The van der Waals surface area contributed by atoms with E-state index in [2.05, 4.69) is 4.84 Å². The first-order valence-electron chi connectivity index (χ1n) is 2.06. The molecule has 0 radical (unpaired) electrons. The van der Waals surface area contributed by atoms with Crippen molar-refractivity contribution in [2.45, 2.75) is 13.3 Å². The number of hydrogen-bond donors (Lipinski definition) is 1. The zero-order valence-corrected chi connectivity index (χ0v) is 4.13. The molecule has 0 saturated carbocycles. The molecule has 0 atom stereocenters. The molecule has 7 heavy (non-hydrogen) atoms. The monoisotopic (exact) mass is 106 g/mol. The average Bonchev–Trinajstić information content (AvgIpc) is 1.61. The van der Waals surface area contributed by atoms with Crippen molar-refractivity contribution in [1.82, 2.24) is 0 Å². The molecule has 0 saturated heterocycles. The van der Waals surface area contributed by atoms with E-state index in [-0.39, 0.29) is 6.61 Å². The van der Waals surface area contributed by atoms with Gasteiger partial charge in [-0.15, -0.1) is 0 Å². The van der Waals surface area contributed by atoms with Crippen molar-refractivity contribution in [2.24, 2.45) is 0 Å². The molecule has 0 heterocycles. The zero-order valence-electron chi connectivity index (χ0n) is 4.13. The summed E-state index contributed by atoms with van der Waals surface area (Å²) >= 11 is 0. The Labute approximate surface area is 41.2 Å². The Morgan fingerprint density at radius 3 is 2.57 bits per heavy atom. The minimum atomic E-state index is -0.538. The van der Waals surface area contributed by atoms with Gasteiger partial charge in [0.25, 0.3) is 0 Å². The van der Waals surface area contributed by atoms with Crippen molar-refractivity contribution >= 4 is 0 Å². The molecule has 0 aromatic rings. The van der Waals surface area contributed by atoms with Crippen LogP contribution in [0.2, 0.25) is 0 Å². The predicted molar refractivity (Wildman–Crippen MR) is 21.7 cm³/mol. The van der Waals surface area contributed by atoms with Gasteiger partial charge in [-0.05, 0) is 6.42 Å². The highest BCUT2D eigenvalue weighted by Gasteiger charge is 1.98. The van der Waals surface area contributed by atoms with Gasteiger partial charge in [0.1, 0.15) is 4.91 Å². The molecule has 0 amide bonds. The number of hydrogen-bond acceptors (Lipinski definition) is 2. The number of nitrogens with zero attached hydrogens (tertiary/aromatic N) is 1. The minimum absolute atomic E-state index is 0.264. The van der Waals surface area contributed by atoms with Crippen molar-refractivity contribution < 1.29 is 15.1 Å². The molecule has 0 aromatic carbocycles. The second-order valence-corrected chi connectivity index (χ2v) is 1.07. The first-order valence-corrected chi connectivity index (χ1v) is 2.06. The maximum Gasteiger partial charge on any atom is 0.475 e. The molecule has 1 N–H and O–H groups in total. The first-order chi connectivity index (χ1) is 3.27. The third-order valence-corrected chi connectivity index (χ3v) is 0.406. The van der Waals surface area contributed by atoms with Crippen LogP contribution in [0.1, 0.15) is 13.3 Å². The van der Waals surface area contributed by atoms with Crippen LogP contribution in [-0.2, 0) is 4.84 Å². The van der Waals surface area contributed by atoms with E-state index in [9.17, 15) is 4.91 Å². The van der Waals surface area contributed by atoms with E-state index < -0.39 is 5.09 Å². The summed E-state index contributed by atoms with van der Waals surface area (Å²) in [5.74, 6) is 0. The van der Waals surface area contributed by atoms with Crippen molar-refractivity contribution in [3.8, 4) is 0 Å². The molecular formula is C3H8NO3+. The fourth-order valence-electron chi connectivity index (χ4n) is 0.169. The van der Waals surface area contributed by atoms with Gasteiger partial charge < -0.3 is 0 Å². The largest absolute Gasteiger partial charge is 0.475 e. The normalized spacial score (nSPS) is 8.14. The molecule has 0 aliphatic heterocycles. The lowest BCUT2D eigenvalue weighted by atomic mass is 10.5. The summed E-state index contributed by atoms with van der Waals surface area (Å²) < 4.78 is 0. The van der Waals surface area contributed by atoms with E-state index in [1.54, 1.807) is 0 Å². The Morgan fingerprint density at radius 2 is 2.43 bits per heavy atom. The quantitative estimate of drug-likeness (QED) is 0.533. The van der Waals surface area contributed by atoms with Gasteiger partial charge in [0.05, 0.1) is 0 Å². The molecule has 4 nitrogen and oxygen atoms in total. The fourth-order valence-corrected chi connectivity index (χ4v) is 0.169. The van der Waals surface area contributed by atoms with Crippen LogP contribution >= 0.6 is 0 Å². The summed E-state index contributed by atoms with van der Waals surface area (Å²) in [4.78, 5) is 13.5. The van der Waals surface area contributed by atoms with E-state index >= 15 is 0 Å². The Hall–Kier alpha value is -0.800. The lowest BCUT2D eigenvalue weighted by Crippen LogP contribution is -2.03. The molecule has 0 aromatic heterocycles. The van der Waals surface area contributed by atoms with Gasteiger partial charge in [0.2, 0.25) is 0 Å². The van der Waals surface area contributed by atoms with E-state index in [0.717, 1.165) is 6.42 Å². The summed E-state index contributed by atoms with van der Waals surface area (Å²) in [6.45, 7) is 2.10. The second-order valence-electron chi connectivity index (χ2n) is 1.07. The van der Waals surface area contributed by atoms with Gasteiger partial charge in [0.15, 0.2) is 6.61 Å². The zero-order chi connectivity index (χ0) is 5.70.